The Morgan fingerprint density at radius 1 is 1.45 bits per heavy atom. The standard InChI is InChI=1S/C15H20FNO3/c1-17(4-5-20-10-11-2-3-11)9-12-6-13(15(18)19)8-14(16)7-12/h6-8,11H,2-5,9-10H2,1H3,(H,18,19). The first-order chi connectivity index (χ1) is 9.54. The third-order valence-corrected chi connectivity index (χ3v) is 3.32. The third kappa shape index (κ3) is 4.90. The number of carboxylic acids is 1. The van der Waals surface area contributed by atoms with E-state index in [0.717, 1.165) is 25.1 Å². The van der Waals surface area contributed by atoms with Gasteiger partial charge in [0.25, 0.3) is 0 Å². The molecule has 1 aliphatic rings. The van der Waals surface area contributed by atoms with Crippen molar-refractivity contribution in [3.63, 3.8) is 0 Å². The van der Waals surface area contributed by atoms with Crippen molar-refractivity contribution in [3.05, 3.63) is 35.1 Å². The minimum absolute atomic E-state index is 0.0154. The molecule has 0 atom stereocenters. The maximum Gasteiger partial charge on any atom is 0.335 e. The van der Waals surface area contributed by atoms with Gasteiger partial charge in [-0.1, -0.05) is 0 Å². The van der Waals surface area contributed by atoms with E-state index in [0.29, 0.717) is 18.7 Å². The normalized spacial score (nSPS) is 14.8. The van der Waals surface area contributed by atoms with Crippen LogP contribution >= 0.6 is 0 Å². The molecule has 0 unspecified atom stereocenters. The Kier molecular flexibility index (Phi) is 5.09. The third-order valence-electron chi connectivity index (χ3n) is 3.32. The van der Waals surface area contributed by atoms with E-state index in [2.05, 4.69) is 0 Å². The Bertz CT molecular complexity index is 474. The summed E-state index contributed by atoms with van der Waals surface area (Å²) in [4.78, 5) is 12.9. The molecule has 0 aromatic heterocycles. The van der Waals surface area contributed by atoms with Crippen LogP contribution in [0, 0.1) is 11.7 Å². The van der Waals surface area contributed by atoms with Crippen LogP contribution in [0.1, 0.15) is 28.8 Å². The number of carbonyl (C=O) groups is 1. The van der Waals surface area contributed by atoms with Crippen molar-refractivity contribution < 1.29 is 19.0 Å². The van der Waals surface area contributed by atoms with E-state index < -0.39 is 11.8 Å². The first-order valence-electron chi connectivity index (χ1n) is 6.83. The number of ether oxygens (including phenoxy) is 1. The van der Waals surface area contributed by atoms with Gasteiger partial charge in [-0.25, -0.2) is 9.18 Å². The van der Waals surface area contributed by atoms with E-state index in [1.807, 2.05) is 11.9 Å². The second kappa shape index (κ2) is 6.81. The zero-order valence-corrected chi connectivity index (χ0v) is 11.6. The molecule has 1 fully saturated rings. The highest BCUT2D eigenvalue weighted by Crippen LogP contribution is 2.28. The highest BCUT2D eigenvalue weighted by Gasteiger charge is 2.20. The Labute approximate surface area is 118 Å². The SMILES string of the molecule is CN(CCOCC1CC1)Cc1cc(F)cc(C(=O)O)c1. The molecule has 1 aromatic rings. The fourth-order valence-electron chi connectivity index (χ4n) is 2.01. The van der Waals surface area contributed by atoms with Gasteiger partial charge in [0.2, 0.25) is 0 Å². The Hall–Kier alpha value is -1.46. The number of aromatic carboxylic acids is 1. The first kappa shape index (κ1) is 14.9. The van der Waals surface area contributed by atoms with Crippen LogP contribution in [-0.2, 0) is 11.3 Å². The van der Waals surface area contributed by atoms with Gasteiger partial charge in [0.15, 0.2) is 0 Å². The molecular formula is C15H20FNO3. The Morgan fingerprint density at radius 2 is 2.20 bits per heavy atom. The summed E-state index contributed by atoms with van der Waals surface area (Å²) < 4.78 is 18.9. The van der Waals surface area contributed by atoms with E-state index in [1.54, 1.807) is 0 Å². The molecular weight excluding hydrogens is 261 g/mol. The summed E-state index contributed by atoms with van der Waals surface area (Å²) in [7, 11) is 1.91. The molecule has 0 amide bonds. The molecule has 5 heteroatoms. The highest BCUT2D eigenvalue weighted by atomic mass is 19.1. The van der Waals surface area contributed by atoms with Gasteiger partial charge >= 0.3 is 5.97 Å². The van der Waals surface area contributed by atoms with Gasteiger partial charge in [0.1, 0.15) is 5.82 Å². The molecule has 110 valence electrons. The van der Waals surface area contributed by atoms with Crippen molar-refractivity contribution in [2.45, 2.75) is 19.4 Å². The van der Waals surface area contributed by atoms with E-state index in [1.165, 1.54) is 25.0 Å². The molecule has 0 heterocycles. The monoisotopic (exact) mass is 281 g/mol. The fourth-order valence-corrected chi connectivity index (χ4v) is 2.01. The first-order valence-corrected chi connectivity index (χ1v) is 6.83. The molecule has 0 radical (unpaired) electrons. The predicted molar refractivity (Wildman–Crippen MR) is 73.2 cm³/mol. The largest absolute Gasteiger partial charge is 0.478 e. The smallest absolute Gasteiger partial charge is 0.335 e. The van der Waals surface area contributed by atoms with Crippen LogP contribution in [0.3, 0.4) is 0 Å². The predicted octanol–water partition coefficient (Wildman–Crippen LogP) is 2.38. The summed E-state index contributed by atoms with van der Waals surface area (Å²) in [6.07, 6.45) is 2.55. The lowest BCUT2D eigenvalue weighted by atomic mass is 10.1. The van der Waals surface area contributed by atoms with Crippen molar-refractivity contribution in [2.75, 3.05) is 26.8 Å². The number of rotatable bonds is 8. The van der Waals surface area contributed by atoms with E-state index >= 15 is 0 Å². The summed E-state index contributed by atoms with van der Waals surface area (Å²) in [5.41, 5.74) is 0.644. The van der Waals surface area contributed by atoms with E-state index in [4.69, 9.17) is 9.84 Å². The molecule has 0 saturated heterocycles. The van der Waals surface area contributed by atoms with Gasteiger partial charge in [0, 0.05) is 19.7 Å². The number of benzene rings is 1. The van der Waals surface area contributed by atoms with Crippen LogP contribution in [0.5, 0.6) is 0 Å². The minimum Gasteiger partial charge on any atom is -0.478 e. The molecule has 1 saturated carbocycles. The second-order valence-electron chi connectivity index (χ2n) is 5.41. The highest BCUT2D eigenvalue weighted by molar-refractivity contribution is 5.87. The maximum atomic E-state index is 13.3. The van der Waals surface area contributed by atoms with Crippen molar-refractivity contribution in [2.24, 2.45) is 5.92 Å². The topological polar surface area (TPSA) is 49.8 Å². The average molecular weight is 281 g/mol. The van der Waals surface area contributed by atoms with Gasteiger partial charge < -0.3 is 9.84 Å². The number of carboxylic acid groups (broad SMARTS) is 1. The molecule has 1 aromatic carbocycles. The molecule has 20 heavy (non-hydrogen) atoms. The number of likely N-dealkylation sites (N-methyl/N-ethyl adjacent to an activating group) is 1. The lowest BCUT2D eigenvalue weighted by molar-refractivity contribution is 0.0696. The van der Waals surface area contributed by atoms with Crippen molar-refractivity contribution >= 4 is 5.97 Å². The van der Waals surface area contributed by atoms with Crippen molar-refractivity contribution in [3.8, 4) is 0 Å². The van der Waals surface area contributed by atoms with Crippen LogP contribution in [0.15, 0.2) is 18.2 Å². The van der Waals surface area contributed by atoms with Crippen LogP contribution in [0.25, 0.3) is 0 Å². The molecule has 0 aliphatic heterocycles. The molecule has 0 spiro atoms. The quantitative estimate of drug-likeness (QED) is 0.743. The average Bonchev–Trinajstić information content (AvgIpc) is 3.18. The van der Waals surface area contributed by atoms with Gasteiger partial charge in [-0.2, -0.15) is 0 Å². The summed E-state index contributed by atoms with van der Waals surface area (Å²) in [5.74, 6) is -0.874. The number of hydrogen-bond acceptors (Lipinski definition) is 3. The summed E-state index contributed by atoms with van der Waals surface area (Å²) in [5, 5.41) is 8.90. The maximum absolute atomic E-state index is 13.3. The van der Waals surface area contributed by atoms with Gasteiger partial charge in [-0.05, 0) is 49.6 Å². The lowest BCUT2D eigenvalue weighted by Gasteiger charge is -2.17. The molecule has 2 rings (SSSR count). The molecule has 4 nitrogen and oxygen atoms in total. The van der Waals surface area contributed by atoms with E-state index in [9.17, 15) is 9.18 Å². The summed E-state index contributed by atoms with van der Waals surface area (Å²) in [6, 6.07) is 3.91. The van der Waals surface area contributed by atoms with Gasteiger partial charge in [0.05, 0.1) is 12.2 Å². The summed E-state index contributed by atoms with van der Waals surface area (Å²) in [6.45, 7) is 2.72. The van der Waals surface area contributed by atoms with Crippen molar-refractivity contribution in [1.29, 1.82) is 0 Å². The van der Waals surface area contributed by atoms with Crippen LogP contribution in [0.2, 0.25) is 0 Å². The van der Waals surface area contributed by atoms with Crippen molar-refractivity contribution in [1.82, 2.24) is 4.90 Å². The Balaban J connectivity index is 1.79. The molecule has 0 bridgehead atoms. The molecule has 1 N–H and O–H groups in total. The molecule has 1 aliphatic carbocycles. The fraction of sp³-hybridized carbons (Fsp3) is 0.533. The van der Waals surface area contributed by atoms with E-state index in [-0.39, 0.29) is 5.56 Å². The van der Waals surface area contributed by atoms with Crippen LogP contribution < -0.4 is 0 Å². The zero-order valence-electron chi connectivity index (χ0n) is 11.6. The lowest BCUT2D eigenvalue weighted by Crippen LogP contribution is -2.23. The van der Waals surface area contributed by atoms with Crippen LogP contribution in [0.4, 0.5) is 4.39 Å². The number of hydrogen-bond donors (Lipinski definition) is 1. The van der Waals surface area contributed by atoms with Gasteiger partial charge in [-0.3, -0.25) is 4.90 Å². The minimum atomic E-state index is -1.11. The van der Waals surface area contributed by atoms with Crippen LogP contribution in [-0.4, -0.2) is 42.8 Å². The summed E-state index contributed by atoms with van der Waals surface area (Å²) >= 11 is 0. The zero-order chi connectivity index (χ0) is 14.5. The Morgan fingerprint density at radius 3 is 2.85 bits per heavy atom. The second-order valence-corrected chi connectivity index (χ2v) is 5.41. The number of halogens is 1. The van der Waals surface area contributed by atoms with Gasteiger partial charge in [-0.15, -0.1) is 0 Å². The number of nitrogens with zero attached hydrogens (tertiary/aromatic N) is 1.